The van der Waals surface area contributed by atoms with Crippen LogP contribution in [-0.2, 0) is 6.42 Å². The maximum Gasteiger partial charge on any atom is 0.271 e. The Labute approximate surface area is 243 Å². The molecule has 3 aliphatic heterocycles. The summed E-state index contributed by atoms with van der Waals surface area (Å²) in [6.45, 7) is 11.6. The summed E-state index contributed by atoms with van der Waals surface area (Å²) < 4.78 is 7.24. The molecule has 40 heavy (non-hydrogen) atoms. The zero-order valence-corrected chi connectivity index (χ0v) is 24.5. The van der Waals surface area contributed by atoms with Crippen LogP contribution in [0, 0.1) is 12.5 Å². The van der Waals surface area contributed by atoms with Crippen LogP contribution in [-0.4, -0.2) is 83.0 Å². The van der Waals surface area contributed by atoms with Gasteiger partial charge in [-0.1, -0.05) is 26.2 Å². The van der Waals surface area contributed by atoms with Crippen molar-refractivity contribution < 1.29 is 9.53 Å². The highest BCUT2D eigenvalue weighted by molar-refractivity contribution is 7.77. The Kier molecular flexibility index (Phi) is 10.9. The van der Waals surface area contributed by atoms with Gasteiger partial charge >= 0.3 is 0 Å². The van der Waals surface area contributed by atoms with E-state index in [0.717, 1.165) is 63.8 Å². The second kappa shape index (κ2) is 14.6. The number of carbonyl (C=O) groups excluding carboxylic acids is 1. The lowest BCUT2D eigenvalue weighted by molar-refractivity contribution is 0.0996. The van der Waals surface area contributed by atoms with Crippen LogP contribution in [0.25, 0.3) is 0 Å². The summed E-state index contributed by atoms with van der Waals surface area (Å²) in [4.78, 5) is 25.6. The molecule has 4 N–H and O–H groups in total. The molecule has 3 fully saturated rings. The molecule has 216 valence electrons. The highest BCUT2D eigenvalue weighted by atomic mass is 32.1. The summed E-state index contributed by atoms with van der Waals surface area (Å²) in [5.74, 6) is -0.273. The second-order valence-electron chi connectivity index (χ2n) is 10.5. The topological polar surface area (TPSA) is 112 Å². The number of benzene rings is 1. The number of piperazine rings is 1. The number of hydrogen-bond acceptors (Lipinski definition) is 10. The van der Waals surface area contributed by atoms with Crippen molar-refractivity contribution in [3.63, 3.8) is 0 Å². The highest BCUT2D eigenvalue weighted by Gasteiger charge is 2.27. The lowest BCUT2D eigenvalue weighted by Crippen LogP contribution is -2.51. The molecule has 1 aromatic heterocycles. The predicted octanol–water partition coefficient (Wildman–Crippen LogP) is 3.04. The van der Waals surface area contributed by atoms with Crippen molar-refractivity contribution in [3.05, 3.63) is 35.7 Å². The molecule has 11 heteroatoms. The molecule has 0 saturated carbocycles. The first kappa shape index (κ1) is 29.9. The number of carbonyl (C=O) groups is 1. The summed E-state index contributed by atoms with van der Waals surface area (Å²) in [6, 6.07) is 9.49. The smallest absolute Gasteiger partial charge is 0.271 e. The first-order valence-corrected chi connectivity index (χ1v) is 14.6. The monoisotopic (exact) mass is 566 g/mol. The average Bonchev–Trinajstić information content (AvgIpc) is 3.45. The fraction of sp³-hybridized carbons (Fsp3) is 0.552. The van der Waals surface area contributed by atoms with Gasteiger partial charge in [0.25, 0.3) is 11.8 Å². The van der Waals surface area contributed by atoms with E-state index in [-0.39, 0.29) is 17.4 Å². The molecule has 2 aromatic rings. The van der Waals surface area contributed by atoms with Crippen molar-refractivity contribution in [2.45, 2.75) is 58.0 Å². The molecule has 0 aliphatic carbocycles. The Morgan fingerprint density at radius 2 is 1.85 bits per heavy atom. The first-order chi connectivity index (χ1) is 19.4. The molecular weight excluding hydrogens is 524 g/mol. The van der Waals surface area contributed by atoms with Gasteiger partial charge in [0.1, 0.15) is 11.8 Å². The van der Waals surface area contributed by atoms with Gasteiger partial charge in [-0.2, -0.15) is 4.98 Å². The van der Waals surface area contributed by atoms with Crippen LogP contribution >= 0.6 is 12.8 Å². The normalized spacial score (nSPS) is 20.4. The van der Waals surface area contributed by atoms with Crippen molar-refractivity contribution in [1.82, 2.24) is 24.5 Å². The van der Waals surface area contributed by atoms with E-state index in [0.29, 0.717) is 18.2 Å². The van der Waals surface area contributed by atoms with Gasteiger partial charge in [0.2, 0.25) is 0 Å². The molecule has 1 amide bonds. The number of primary amides is 1. The van der Waals surface area contributed by atoms with Gasteiger partial charge in [0.05, 0.1) is 0 Å². The van der Waals surface area contributed by atoms with E-state index in [1.54, 1.807) is 0 Å². The molecule has 1 aromatic carbocycles. The van der Waals surface area contributed by atoms with E-state index in [4.69, 9.17) is 16.9 Å². The SMILES string of the molecule is C#COc1nc(Nc2ccc(N3CCC(N4CCN(S)CC4)CC3)cc2)c(C(N)=O)nc1CC.CC1CCCN1. The first-order valence-electron chi connectivity index (χ1n) is 14.2. The summed E-state index contributed by atoms with van der Waals surface area (Å²) in [5, 5.41) is 6.45. The molecule has 1 atom stereocenters. The Morgan fingerprint density at radius 1 is 1.15 bits per heavy atom. The largest absolute Gasteiger partial charge is 0.386 e. The summed E-state index contributed by atoms with van der Waals surface area (Å²) in [6.07, 6.45) is 12.9. The number of nitrogens with two attached hydrogens (primary N) is 1. The standard InChI is InChI=1S/C24H31N7O2S.C5H11N/c1-3-20-24(33-4-2)28-23(21(27-20)22(25)32)26-17-5-7-18(8-6-17)29-11-9-19(10-12-29)30-13-15-31(34)16-14-30;1-5-3-2-4-6-5/h2,5-8,19,34H,3,9-16H2,1H3,(H2,25,32)(H,26,28);5-6H,2-4H2,1H3. The predicted molar refractivity (Wildman–Crippen MR) is 163 cm³/mol. The van der Waals surface area contributed by atoms with Gasteiger partial charge in [0.15, 0.2) is 11.5 Å². The second-order valence-corrected chi connectivity index (χ2v) is 11.1. The van der Waals surface area contributed by atoms with Crippen LogP contribution in [0.2, 0.25) is 0 Å². The molecule has 0 bridgehead atoms. The zero-order chi connectivity index (χ0) is 28.5. The van der Waals surface area contributed by atoms with Gasteiger partial charge in [-0.3, -0.25) is 14.0 Å². The van der Waals surface area contributed by atoms with Crippen molar-refractivity contribution in [2.75, 3.05) is 56.0 Å². The van der Waals surface area contributed by atoms with Crippen molar-refractivity contribution in [3.8, 4) is 18.4 Å². The lowest BCUT2D eigenvalue weighted by Gasteiger charge is -2.42. The Balaban J connectivity index is 0.000000546. The number of thiol groups is 1. The van der Waals surface area contributed by atoms with Crippen molar-refractivity contribution in [2.24, 2.45) is 5.73 Å². The molecule has 3 aliphatic rings. The van der Waals surface area contributed by atoms with Crippen LogP contribution in [0.4, 0.5) is 17.2 Å². The molecule has 10 nitrogen and oxygen atoms in total. The van der Waals surface area contributed by atoms with Gasteiger partial charge in [-0.25, -0.2) is 4.98 Å². The van der Waals surface area contributed by atoms with E-state index in [1.807, 2.05) is 19.1 Å². The molecule has 0 radical (unpaired) electrons. The number of piperidine rings is 1. The van der Waals surface area contributed by atoms with Gasteiger partial charge in [-0.15, -0.1) is 0 Å². The molecular formula is C29H42N8O2S. The number of hydrogen-bond donors (Lipinski definition) is 4. The van der Waals surface area contributed by atoms with E-state index in [2.05, 4.69) is 72.7 Å². The van der Waals surface area contributed by atoms with E-state index < -0.39 is 5.91 Å². The minimum Gasteiger partial charge on any atom is -0.386 e. The minimum absolute atomic E-state index is 0.0473. The molecule has 3 saturated heterocycles. The summed E-state index contributed by atoms with van der Waals surface area (Å²) >= 11 is 4.46. The van der Waals surface area contributed by atoms with Crippen molar-refractivity contribution in [1.29, 1.82) is 0 Å². The van der Waals surface area contributed by atoms with Crippen LogP contribution in [0.1, 0.15) is 55.7 Å². The van der Waals surface area contributed by atoms with Crippen LogP contribution in [0.5, 0.6) is 5.88 Å². The van der Waals surface area contributed by atoms with Gasteiger partial charge in [-0.05, 0) is 69.8 Å². The number of terminal acetylenes is 1. The fourth-order valence-corrected chi connectivity index (χ4v) is 5.58. The number of amides is 1. The number of nitrogens with zero attached hydrogens (tertiary/aromatic N) is 5. The number of aryl methyl sites for hydroxylation is 1. The Morgan fingerprint density at radius 3 is 2.38 bits per heavy atom. The third-order valence-electron chi connectivity index (χ3n) is 7.73. The molecule has 1 unspecified atom stereocenters. The number of anilines is 3. The maximum atomic E-state index is 11.9. The summed E-state index contributed by atoms with van der Waals surface area (Å²) in [5.41, 5.74) is 7.98. The third kappa shape index (κ3) is 8.01. The van der Waals surface area contributed by atoms with Gasteiger partial charge < -0.3 is 26.0 Å². The van der Waals surface area contributed by atoms with E-state index >= 15 is 0 Å². The molecule has 0 spiro atoms. The number of rotatable bonds is 7. The third-order valence-corrected chi connectivity index (χ3v) is 8.13. The Bertz CT molecular complexity index is 1150. The van der Waals surface area contributed by atoms with Crippen molar-refractivity contribution >= 4 is 35.9 Å². The quantitative estimate of drug-likeness (QED) is 0.297. The van der Waals surface area contributed by atoms with E-state index in [9.17, 15) is 4.79 Å². The van der Waals surface area contributed by atoms with Crippen LogP contribution in [0.3, 0.4) is 0 Å². The number of aromatic nitrogens is 2. The van der Waals surface area contributed by atoms with Crippen LogP contribution in [0.15, 0.2) is 24.3 Å². The lowest BCUT2D eigenvalue weighted by atomic mass is 10.0. The Hall–Kier alpha value is -3.04. The minimum atomic E-state index is -0.674. The number of nitrogens with one attached hydrogen (secondary N) is 2. The molecule has 5 rings (SSSR count). The number of ether oxygens (including phenoxy) is 1. The van der Waals surface area contributed by atoms with E-state index in [1.165, 1.54) is 25.1 Å². The zero-order valence-electron chi connectivity index (χ0n) is 23.6. The molecule has 4 heterocycles. The maximum absolute atomic E-state index is 11.9. The average molecular weight is 567 g/mol. The summed E-state index contributed by atoms with van der Waals surface area (Å²) in [7, 11) is 0. The highest BCUT2D eigenvalue weighted by Crippen LogP contribution is 2.27. The van der Waals surface area contributed by atoms with Gasteiger partial charge in [0, 0.05) is 62.7 Å². The fourth-order valence-electron chi connectivity index (χ4n) is 5.40. The van der Waals surface area contributed by atoms with Crippen LogP contribution < -0.4 is 26.0 Å².